The van der Waals surface area contributed by atoms with Gasteiger partial charge in [-0.05, 0) is 24.6 Å². The standard InChI is InChI=1S/C11H11N3OS/c1-8-7-16-11(15)10(14-8)13-6-9-2-4-12-5-3-9/h2-5,7H,6H2,1H3,(H,13,14). The molecule has 82 valence electrons. The fraction of sp³-hybridized carbons (Fsp3) is 0.182. The molecule has 0 saturated carbocycles. The first-order valence-corrected chi connectivity index (χ1v) is 5.73. The van der Waals surface area contributed by atoms with E-state index in [1.54, 1.807) is 17.8 Å². The van der Waals surface area contributed by atoms with Crippen molar-refractivity contribution in [2.45, 2.75) is 13.5 Å². The van der Waals surface area contributed by atoms with Crippen LogP contribution in [0, 0.1) is 6.92 Å². The number of aromatic nitrogens is 2. The van der Waals surface area contributed by atoms with Crippen LogP contribution in [0.25, 0.3) is 0 Å². The fourth-order valence-electron chi connectivity index (χ4n) is 1.24. The van der Waals surface area contributed by atoms with Gasteiger partial charge in [-0.1, -0.05) is 11.3 Å². The first-order valence-electron chi connectivity index (χ1n) is 4.85. The maximum Gasteiger partial charge on any atom is 0.274 e. The van der Waals surface area contributed by atoms with Crippen molar-refractivity contribution in [3.05, 3.63) is 50.7 Å². The van der Waals surface area contributed by atoms with Gasteiger partial charge in [0.15, 0.2) is 5.82 Å². The Morgan fingerprint density at radius 1 is 1.38 bits per heavy atom. The number of rotatable bonds is 3. The average Bonchev–Trinajstić information content (AvgIpc) is 2.32. The van der Waals surface area contributed by atoms with Crippen LogP contribution in [-0.4, -0.2) is 9.97 Å². The Morgan fingerprint density at radius 2 is 2.12 bits per heavy atom. The Hall–Kier alpha value is -1.75. The molecule has 0 atom stereocenters. The van der Waals surface area contributed by atoms with E-state index in [1.165, 1.54) is 0 Å². The van der Waals surface area contributed by atoms with E-state index in [0.29, 0.717) is 12.4 Å². The highest BCUT2D eigenvalue weighted by Crippen LogP contribution is 2.04. The molecule has 0 radical (unpaired) electrons. The van der Waals surface area contributed by atoms with E-state index in [1.807, 2.05) is 19.1 Å². The van der Waals surface area contributed by atoms with Crippen LogP contribution < -0.4 is 10.1 Å². The van der Waals surface area contributed by atoms with E-state index in [9.17, 15) is 4.79 Å². The largest absolute Gasteiger partial charge is 0.362 e. The SMILES string of the molecule is Cc1csc(=O)c(NCc2ccncc2)n1. The monoisotopic (exact) mass is 233 g/mol. The number of nitrogens with zero attached hydrogens (tertiary/aromatic N) is 2. The zero-order chi connectivity index (χ0) is 11.4. The van der Waals surface area contributed by atoms with Gasteiger partial charge >= 0.3 is 0 Å². The summed E-state index contributed by atoms with van der Waals surface area (Å²) in [5, 5.41) is 4.78. The highest BCUT2D eigenvalue weighted by atomic mass is 32.1. The first kappa shape index (κ1) is 10.8. The molecule has 0 aromatic carbocycles. The van der Waals surface area contributed by atoms with E-state index in [0.717, 1.165) is 22.6 Å². The van der Waals surface area contributed by atoms with Crippen LogP contribution in [0.1, 0.15) is 11.3 Å². The summed E-state index contributed by atoms with van der Waals surface area (Å²) in [6, 6.07) is 3.80. The molecule has 2 heterocycles. The predicted molar refractivity (Wildman–Crippen MR) is 64.7 cm³/mol. The molecule has 0 aliphatic rings. The van der Waals surface area contributed by atoms with Gasteiger partial charge in [0.2, 0.25) is 0 Å². The lowest BCUT2D eigenvalue weighted by molar-refractivity contribution is 1.08. The number of anilines is 1. The van der Waals surface area contributed by atoms with Crippen molar-refractivity contribution in [1.82, 2.24) is 9.97 Å². The average molecular weight is 233 g/mol. The Balaban J connectivity index is 2.11. The molecule has 1 N–H and O–H groups in total. The Bertz CT molecular complexity index is 524. The van der Waals surface area contributed by atoms with Crippen molar-refractivity contribution in [1.29, 1.82) is 0 Å². The molecule has 0 fully saturated rings. The van der Waals surface area contributed by atoms with E-state index >= 15 is 0 Å². The molecule has 0 unspecified atom stereocenters. The number of aryl methyl sites for hydroxylation is 1. The molecule has 16 heavy (non-hydrogen) atoms. The van der Waals surface area contributed by atoms with Crippen molar-refractivity contribution in [3.8, 4) is 0 Å². The summed E-state index contributed by atoms with van der Waals surface area (Å²) in [4.78, 5) is 19.6. The number of nitrogens with one attached hydrogen (secondary N) is 1. The summed E-state index contributed by atoms with van der Waals surface area (Å²) in [6.45, 7) is 2.45. The van der Waals surface area contributed by atoms with Crippen LogP contribution in [-0.2, 0) is 6.54 Å². The molecule has 2 rings (SSSR count). The Kier molecular flexibility index (Phi) is 3.26. The van der Waals surface area contributed by atoms with Gasteiger partial charge in [-0.25, -0.2) is 4.98 Å². The topological polar surface area (TPSA) is 54.9 Å². The lowest BCUT2D eigenvalue weighted by atomic mass is 10.3. The molecular weight excluding hydrogens is 222 g/mol. The van der Waals surface area contributed by atoms with Gasteiger partial charge in [-0.3, -0.25) is 9.78 Å². The van der Waals surface area contributed by atoms with Gasteiger partial charge in [0.25, 0.3) is 4.74 Å². The van der Waals surface area contributed by atoms with Crippen LogP contribution in [0.3, 0.4) is 0 Å². The van der Waals surface area contributed by atoms with E-state index < -0.39 is 0 Å². The van der Waals surface area contributed by atoms with Crippen LogP contribution >= 0.6 is 11.3 Å². The second-order valence-corrected chi connectivity index (χ2v) is 4.18. The normalized spacial score (nSPS) is 10.1. The summed E-state index contributed by atoms with van der Waals surface area (Å²) in [6.07, 6.45) is 3.45. The third-order valence-electron chi connectivity index (χ3n) is 2.03. The Morgan fingerprint density at radius 3 is 2.88 bits per heavy atom. The summed E-state index contributed by atoms with van der Waals surface area (Å²) in [5.41, 5.74) is 1.92. The molecular formula is C11H11N3OS. The maximum atomic E-state index is 11.5. The van der Waals surface area contributed by atoms with E-state index in [4.69, 9.17) is 0 Å². The van der Waals surface area contributed by atoms with Gasteiger partial charge in [0.1, 0.15) is 0 Å². The van der Waals surface area contributed by atoms with Crippen molar-refractivity contribution >= 4 is 17.2 Å². The quantitative estimate of drug-likeness (QED) is 0.878. The third-order valence-corrected chi connectivity index (χ3v) is 2.89. The van der Waals surface area contributed by atoms with Gasteiger partial charge in [0.05, 0.1) is 0 Å². The minimum absolute atomic E-state index is 0.0420. The highest BCUT2D eigenvalue weighted by molar-refractivity contribution is 7.07. The van der Waals surface area contributed by atoms with Crippen LogP contribution in [0.2, 0.25) is 0 Å². The van der Waals surface area contributed by atoms with Gasteiger partial charge < -0.3 is 5.32 Å². The summed E-state index contributed by atoms with van der Waals surface area (Å²) >= 11 is 1.16. The molecule has 5 heteroatoms. The lowest BCUT2D eigenvalue weighted by Crippen LogP contribution is -2.11. The van der Waals surface area contributed by atoms with Crippen LogP contribution in [0.4, 0.5) is 5.82 Å². The van der Waals surface area contributed by atoms with E-state index in [-0.39, 0.29) is 4.74 Å². The molecule has 0 saturated heterocycles. The smallest absolute Gasteiger partial charge is 0.274 e. The van der Waals surface area contributed by atoms with Crippen molar-refractivity contribution in [3.63, 3.8) is 0 Å². The molecule has 0 amide bonds. The Labute approximate surface area is 97.0 Å². The van der Waals surface area contributed by atoms with Gasteiger partial charge in [-0.15, -0.1) is 0 Å². The summed E-state index contributed by atoms with van der Waals surface area (Å²) in [5.74, 6) is 0.418. The molecule has 0 aliphatic carbocycles. The third kappa shape index (κ3) is 2.64. The summed E-state index contributed by atoms with van der Waals surface area (Å²) in [7, 11) is 0. The van der Waals surface area contributed by atoms with Gasteiger partial charge in [-0.2, -0.15) is 0 Å². The second-order valence-electron chi connectivity index (χ2n) is 3.33. The zero-order valence-electron chi connectivity index (χ0n) is 8.80. The molecule has 2 aromatic heterocycles. The summed E-state index contributed by atoms with van der Waals surface area (Å²) < 4.78 is -0.0420. The van der Waals surface area contributed by atoms with Crippen LogP contribution in [0.15, 0.2) is 34.7 Å². The minimum Gasteiger partial charge on any atom is -0.362 e. The molecule has 2 aromatic rings. The molecule has 4 nitrogen and oxygen atoms in total. The first-order chi connectivity index (χ1) is 7.75. The molecule has 0 spiro atoms. The van der Waals surface area contributed by atoms with Crippen molar-refractivity contribution in [2.24, 2.45) is 0 Å². The maximum absolute atomic E-state index is 11.5. The molecule has 0 bridgehead atoms. The van der Waals surface area contributed by atoms with E-state index in [2.05, 4.69) is 15.3 Å². The zero-order valence-corrected chi connectivity index (χ0v) is 9.62. The number of pyridine rings is 1. The highest BCUT2D eigenvalue weighted by Gasteiger charge is 2.01. The second kappa shape index (κ2) is 4.85. The van der Waals surface area contributed by atoms with Crippen molar-refractivity contribution < 1.29 is 0 Å². The number of hydrogen-bond donors (Lipinski definition) is 1. The van der Waals surface area contributed by atoms with Crippen molar-refractivity contribution in [2.75, 3.05) is 5.32 Å². The number of hydrogen-bond acceptors (Lipinski definition) is 5. The van der Waals surface area contributed by atoms with Gasteiger partial charge in [0, 0.05) is 30.0 Å². The fourth-order valence-corrected chi connectivity index (χ4v) is 1.80. The molecule has 0 aliphatic heterocycles. The predicted octanol–water partition coefficient (Wildman–Crippen LogP) is 1.82. The van der Waals surface area contributed by atoms with Crippen LogP contribution in [0.5, 0.6) is 0 Å². The lowest BCUT2D eigenvalue weighted by Gasteiger charge is -2.04. The minimum atomic E-state index is -0.0420.